The number of carbonyl (C=O) groups excluding carboxylic acids is 2. The number of nitrogens with zero attached hydrogens (tertiary/aromatic N) is 2. The summed E-state index contributed by atoms with van der Waals surface area (Å²) in [4.78, 5) is 35.5. The summed E-state index contributed by atoms with van der Waals surface area (Å²) in [5.74, 6) is -0.760. The molecule has 0 saturated heterocycles. The molecule has 0 aliphatic heterocycles. The second-order valence-corrected chi connectivity index (χ2v) is 5.55. The number of rotatable bonds is 5. The van der Waals surface area contributed by atoms with Crippen molar-refractivity contribution in [2.45, 2.75) is 27.3 Å². The highest BCUT2D eigenvalue weighted by Gasteiger charge is 2.18. The molecule has 0 spiro atoms. The van der Waals surface area contributed by atoms with E-state index in [0.717, 1.165) is 0 Å². The first kappa shape index (κ1) is 15.9. The molecule has 0 unspecified atom stereocenters. The molecule has 0 atom stereocenters. The summed E-state index contributed by atoms with van der Waals surface area (Å²) in [6, 6.07) is 6.75. The summed E-state index contributed by atoms with van der Waals surface area (Å²) >= 11 is 0. The van der Waals surface area contributed by atoms with Gasteiger partial charge in [0.2, 0.25) is 0 Å². The Balaban J connectivity index is 2.56. The van der Waals surface area contributed by atoms with Crippen LogP contribution in [-0.2, 0) is 16.1 Å². The van der Waals surface area contributed by atoms with E-state index in [9.17, 15) is 14.4 Å². The summed E-state index contributed by atoms with van der Waals surface area (Å²) in [5, 5.41) is 4.98. The van der Waals surface area contributed by atoms with Crippen molar-refractivity contribution >= 4 is 22.5 Å². The van der Waals surface area contributed by atoms with Crippen LogP contribution in [0.15, 0.2) is 29.1 Å². The molecular weight excluding hydrogens is 284 g/mol. The maximum atomic E-state index is 12.4. The number of aromatic nitrogens is 2. The highest BCUT2D eigenvalue weighted by molar-refractivity contribution is 6.02. The lowest BCUT2D eigenvalue weighted by molar-refractivity contribution is -0.120. The Bertz CT molecular complexity index is 777. The summed E-state index contributed by atoms with van der Waals surface area (Å²) in [7, 11) is 0. The third kappa shape index (κ3) is 3.39. The lowest BCUT2D eigenvalue weighted by Crippen LogP contribution is -2.28. The van der Waals surface area contributed by atoms with Gasteiger partial charge in [-0.25, -0.2) is 9.48 Å². The van der Waals surface area contributed by atoms with Gasteiger partial charge in [0.05, 0.1) is 5.39 Å². The van der Waals surface area contributed by atoms with E-state index >= 15 is 0 Å². The molecular formula is C16H18N2O4. The Hall–Kier alpha value is -2.50. The van der Waals surface area contributed by atoms with E-state index in [1.54, 1.807) is 24.3 Å². The Labute approximate surface area is 127 Å². The van der Waals surface area contributed by atoms with E-state index in [0.29, 0.717) is 17.3 Å². The van der Waals surface area contributed by atoms with Gasteiger partial charge in [-0.2, -0.15) is 5.10 Å². The Morgan fingerprint density at radius 1 is 1.23 bits per heavy atom. The number of ether oxygens (including phenoxy) is 1. The minimum atomic E-state index is -0.705. The zero-order valence-electron chi connectivity index (χ0n) is 12.8. The highest BCUT2D eigenvalue weighted by Crippen LogP contribution is 2.14. The van der Waals surface area contributed by atoms with E-state index < -0.39 is 5.97 Å². The SMILES string of the molecule is CC(=O)COC(=O)c1nn(CC(C)C)c(=O)c2ccccc12. The van der Waals surface area contributed by atoms with Crippen LogP contribution in [0.3, 0.4) is 0 Å². The molecule has 22 heavy (non-hydrogen) atoms. The Morgan fingerprint density at radius 3 is 2.45 bits per heavy atom. The molecule has 116 valence electrons. The van der Waals surface area contributed by atoms with Gasteiger partial charge in [-0.1, -0.05) is 32.0 Å². The number of Topliss-reactive ketones (excluding diaryl/α,β-unsaturated/α-hetero) is 1. The van der Waals surface area contributed by atoms with Crippen LogP contribution in [0.25, 0.3) is 10.8 Å². The van der Waals surface area contributed by atoms with Crippen molar-refractivity contribution in [1.29, 1.82) is 0 Å². The van der Waals surface area contributed by atoms with Gasteiger partial charge in [-0.15, -0.1) is 0 Å². The minimum Gasteiger partial charge on any atom is -0.453 e. The second-order valence-electron chi connectivity index (χ2n) is 5.55. The quantitative estimate of drug-likeness (QED) is 0.787. The molecule has 2 rings (SSSR count). The van der Waals surface area contributed by atoms with E-state index in [1.165, 1.54) is 11.6 Å². The number of ketones is 1. The molecule has 0 radical (unpaired) electrons. The van der Waals surface area contributed by atoms with Crippen molar-refractivity contribution in [2.75, 3.05) is 6.61 Å². The van der Waals surface area contributed by atoms with E-state index in [4.69, 9.17) is 4.74 Å². The first-order valence-corrected chi connectivity index (χ1v) is 7.06. The normalized spacial score (nSPS) is 10.9. The molecule has 1 heterocycles. The van der Waals surface area contributed by atoms with Crippen LogP contribution in [0.5, 0.6) is 0 Å². The number of carbonyl (C=O) groups is 2. The predicted octanol–water partition coefficient (Wildman–Crippen LogP) is 1.80. The molecule has 6 nitrogen and oxygen atoms in total. The summed E-state index contributed by atoms with van der Waals surface area (Å²) in [6.45, 7) is 5.33. The molecule has 6 heteroatoms. The van der Waals surface area contributed by atoms with Gasteiger partial charge in [0.25, 0.3) is 5.56 Å². The number of hydrogen-bond acceptors (Lipinski definition) is 5. The van der Waals surface area contributed by atoms with Crippen molar-refractivity contribution < 1.29 is 14.3 Å². The van der Waals surface area contributed by atoms with Crippen LogP contribution < -0.4 is 5.56 Å². The standard InChI is InChI=1S/C16H18N2O4/c1-10(2)8-18-15(20)13-7-5-4-6-12(13)14(17-18)16(21)22-9-11(3)19/h4-7,10H,8-9H2,1-3H3. The van der Waals surface area contributed by atoms with Crippen molar-refractivity contribution in [3.8, 4) is 0 Å². The zero-order valence-corrected chi connectivity index (χ0v) is 12.8. The lowest BCUT2D eigenvalue weighted by Gasteiger charge is -2.12. The number of esters is 1. The molecule has 0 aliphatic rings. The summed E-state index contributed by atoms with van der Waals surface area (Å²) in [6.07, 6.45) is 0. The topological polar surface area (TPSA) is 78.3 Å². The summed E-state index contributed by atoms with van der Waals surface area (Å²) < 4.78 is 6.21. The van der Waals surface area contributed by atoms with Gasteiger partial charge < -0.3 is 4.74 Å². The van der Waals surface area contributed by atoms with E-state index in [-0.39, 0.29) is 29.6 Å². The number of hydrogen-bond donors (Lipinski definition) is 0. The molecule has 1 aromatic carbocycles. The maximum Gasteiger partial charge on any atom is 0.359 e. The van der Waals surface area contributed by atoms with Gasteiger partial charge in [0, 0.05) is 11.9 Å². The van der Waals surface area contributed by atoms with Crippen LogP contribution in [0.4, 0.5) is 0 Å². The molecule has 0 amide bonds. The molecule has 0 aliphatic carbocycles. The summed E-state index contributed by atoms with van der Waals surface area (Å²) in [5.41, 5.74) is -0.190. The minimum absolute atomic E-state index is 0.0529. The van der Waals surface area contributed by atoms with Crippen LogP contribution >= 0.6 is 0 Å². The fourth-order valence-electron chi connectivity index (χ4n) is 2.09. The maximum absolute atomic E-state index is 12.4. The molecule has 0 N–H and O–H groups in total. The third-order valence-corrected chi connectivity index (χ3v) is 3.01. The molecule has 0 saturated carbocycles. The highest BCUT2D eigenvalue weighted by atomic mass is 16.5. The first-order valence-electron chi connectivity index (χ1n) is 7.06. The van der Waals surface area contributed by atoms with Crippen LogP contribution in [-0.4, -0.2) is 28.1 Å². The number of fused-ring (bicyclic) bond motifs is 1. The van der Waals surface area contributed by atoms with Crippen LogP contribution in [0, 0.1) is 5.92 Å². The second kappa shape index (κ2) is 6.51. The van der Waals surface area contributed by atoms with Gasteiger partial charge in [-0.3, -0.25) is 9.59 Å². The van der Waals surface area contributed by atoms with Gasteiger partial charge >= 0.3 is 5.97 Å². The van der Waals surface area contributed by atoms with Crippen molar-refractivity contribution in [3.63, 3.8) is 0 Å². The molecule has 2 aromatic rings. The van der Waals surface area contributed by atoms with Crippen molar-refractivity contribution in [2.24, 2.45) is 5.92 Å². The van der Waals surface area contributed by atoms with Crippen molar-refractivity contribution in [3.05, 3.63) is 40.3 Å². The number of benzene rings is 1. The predicted molar refractivity (Wildman–Crippen MR) is 81.8 cm³/mol. The van der Waals surface area contributed by atoms with Gasteiger partial charge in [0.1, 0.15) is 6.61 Å². The average Bonchev–Trinajstić information content (AvgIpc) is 2.47. The Morgan fingerprint density at radius 2 is 1.86 bits per heavy atom. The van der Waals surface area contributed by atoms with Gasteiger partial charge in [0.15, 0.2) is 11.5 Å². The molecule has 1 aromatic heterocycles. The Kier molecular flexibility index (Phi) is 4.70. The monoisotopic (exact) mass is 302 g/mol. The van der Waals surface area contributed by atoms with Crippen LogP contribution in [0.2, 0.25) is 0 Å². The lowest BCUT2D eigenvalue weighted by atomic mass is 10.1. The van der Waals surface area contributed by atoms with Crippen molar-refractivity contribution in [1.82, 2.24) is 9.78 Å². The third-order valence-electron chi connectivity index (χ3n) is 3.01. The fourth-order valence-corrected chi connectivity index (χ4v) is 2.09. The molecule has 0 fully saturated rings. The fraction of sp³-hybridized carbons (Fsp3) is 0.375. The zero-order chi connectivity index (χ0) is 16.3. The average molecular weight is 302 g/mol. The van der Waals surface area contributed by atoms with E-state index in [2.05, 4.69) is 5.10 Å². The van der Waals surface area contributed by atoms with Gasteiger partial charge in [-0.05, 0) is 18.9 Å². The van der Waals surface area contributed by atoms with Crippen LogP contribution in [0.1, 0.15) is 31.3 Å². The smallest absolute Gasteiger partial charge is 0.359 e. The largest absolute Gasteiger partial charge is 0.453 e. The van der Waals surface area contributed by atoms with E-state index in [1.807, 2.05) is 13.8 Å². The first-order chi connectivity index (χ1) is 10.4. The molecule has 0 bridgehead atoms.